The molecule has 0 aliphatic heterocycles. The third-order valence-electron chi connectivity index (χ3n) is 6.40. The van der Waals surface area contributed by atoms with Crippen LogP contribution < -0.4 is 5.32 Å². The van der Waals surface area contributed by atoms with Gasteiger partial charge in [0, 0.05) is 18.9 Å². The van der Waals surface area contributed by atoms with Crippen LogP contribution in [0.2, 0.25) is 0 Å². The number of carbonyl (C=O) groups excluding carboxylic acids is 1. The fourth-order valence-corrected chi connectivity index (χ4v) is 4.82. The lowest BCUT2D eigenvalue weighted by molar-refractivity contribution is 0.0253. The number of hydrogen-bond acceptors (Lipinski definition) is 3. The van der Waals surface area contributed by atoms with Crippen LogP contribution >= 0.6 is 0 Å². The molecule has 2 N–H and O–H groups in total. The number of alkyl carbamates (subject to hydrolysis) is 1. The Bertz CT molecular complexity index is 1050. The zero-order valence-electron chi connectivity index (χ0n) is 16.8. The van der Waals surface area contributed by atoms with E-state index in [1.54, 1.807) is 0 Å². The van der Waals surface area contributed by atoms with Gasteiger partial charge in [0.2, 0.25) is 0 Å². The fraction of sp³-hybridized carbons (Fsp3) is 0.269. The van der Waals surface area contributed by atoms with E-state index in [0.717, 1.165) is 12.0 Å². The summed E-state index contributed by atoms with van der Waals surface area (Å²) < 4.78 is 5.58. The summed E-state index contributed by atoms with van der Waals surface area (Å²) in [4.78, 5) is 12.4. The lowest BCUT2D eigenvalue weighted by atomic mass is 9.80. The number of amides is 1. The third kappa shape index (κ3) is 3.48. The smallest absolute Gasteiger partial charge is 0.407 e. The number of benzene rings is 3. The molecule has 0 saturated heterocycles. The topological polar surface area (TPSA) is 58.6 Å². The third-order valence-corrected chi connectivity index (χ3v) is 6.40. The van der Waals surface area contributed by atoms with Gasteiger partial charge in [-0.3, -0.25) is 0 Å². The summed E-state index contributed by atoms with van der Waals surface area (Å²) in [5.74, 6) is 0.0350. The molecule has 0 aromatic heterocycles. The maximum absolute atomic E-state index is 12.4. The number of aryl methyl sites for hydroxylation is 1. The van der Waals surface area contributed by atoms with Crippen molar-refractivity contribution in [2.24, 2.45) is 0 Å². The predicted molar refractivity (Wildman–Crippen MR) is 116 cm³/mol. The average molecular weight is 399 g/mol. The van der Waals surface area contributed by atoms with Gasteiger partial charge in [-0.25, -0.2) is 4.79 Å². The summed E-state index contributed by atoms with van der Waals surface area (Å²) >= 11 is 0. The molecule has 30 heavy (non-hydrogen) atoms. The summed E-state index contributed by atoms with van der Waals surface area (Å²) in [6.07, 6.45) is 1.52. The van der Waals surface area contributed by atoms with Gasteiger partial charge in [-0.1, -0.05) is 72.8 Å². The number of fused-ring (bicyclic) bond motifs is 4. The van der Waals surface area contributed by atoms with Gasteiger partial charge in [-0.15, -0.1) is 0 Å². The van der Waals surface area contributed by atoms with Crippen molar-refractivity contribution in [3.63, 3.8) is 0 Å². The number of rotatable bonds is 4. The monoisotopic (exact) mass is 399 g/mol. The van der Waals surface area contributed by atoms with Crippen LogP contribution in [0.3, 0.4) is 0 Å². The summed E-state index contributed by atoms with van der Waals surface area (Å²) in [5, 5.41) is 13.7. The van der Waals surface area contributed by atoms with Gasteiger partial charge in [0.05, 0.1) is 5.60 Å². The van der Waals surface area contributed by atoms with Gasteiger partial charge >= 0.3 is 6.09 Å². The second-order valence-corrected chi connectivity index (χ2v) is 8.35. The second-order valence-electron chi connectivity index (χ2n) is 8.35. The Balaban J connectivity index is 1.21. The van der Waals surface area contributed by atoms with E-state index < -0.39 is 11.7 Å². The van der Waals surface area contributed by atoms with E-state index in [9.17, 15) is 9.90 Å². The molecule has 152 valence electrons. The molecule has 1 amide bonds. The number of hydrogen-bond donors (Lipinski definition) is 2. The van der Waals surface area contributed by atoms with Crippen molar-refractivity contribution >= 4 is 6.09 Å². The number of ether oxygens (including phenoxy) is 1. The first-order valence-electron chi connectivity index (χ1n) is 10.5. The largest absolute Gasteiger partial charge is 0.449 e. The van der Waals surface area contributed by atoms with Crippen molar-refractivity contribution in [1.29, 1.82) is 0 Å². The summed E-state index contributed by atoms with van der Waals surface area (Å²) in [6, 6.07) is 24.7. The SMILES string of the molecule is O=C(NCC1(O)CCc2ccccc2C1)OCC1c2ccccc2-c2ccccc21. The molecule has 4 nitrogen and oxygen atoms in total. The van der Waals surface area contributed by atoms with Crippen LogP contribution in [0, 0.1) is 0 Å². The Morgan fingerprint density at radius 2 is 1.53 bits per heavy atom. The quantitative estimate of drug-likeness (QED) is 0.682. The molecule has 0 heterocycles. The van der Waals surface area contributed by atoms with Crippen molar-refractivity contribution in [2.45, 2.75) is 30.8 Å². The lowest BCUT2D eigenvalue weighted by Crippen LogP contribution is -2.47. The van der Waals surface area contributed by atoms with Crippen LogP contribution in [0.15, 0.2) is 72.8 Å². The molecule has 0 radical (unpaired) electrons. The zero-order valence-corrected chi connectivity index (χ0v) is 16.8. The standard InChI is InChI=1S/C26H25NO3/c28-25(27-17-26(29)14-13-18-7-1-2-8-19(18)15-26)30-16-24-22-11-5-3-9-20(22)21-10-4-6-12-23(21)24/h1-12,24,29H,13-17H2,(H,27,28). The number of aliphatic hydroxyl groups is 1. The Hall–Kier alpha value is -3.11. The first-order valence-corrected chi connectivity index (χ1v) is 10.5. The number of nitrogens with one attached hydrogen (secondary N) is 1. The zero-order chi connectivity index (χ0) is 20.6. The van der Waals surface area contributed by atoms with E-state index in [-0.39, 0.29) is 19.1 Å². The molecular formula is C26H25NO3. The highest BCUT2D eigenvalue weighted by molar-refractivity contribution is 5.79. The molecule has 0 fully saturated rings. The second kappa shape index (κ2) is 7.62. The highest BCUT2D eigenvalue weighted by Crippen LogP contribution is 2.44. The van der Waals surface area contributed by atoms with E-state index >= 15 is 0 Å². The molecule has 0 saturated carbocycles. The minimum atomic E-state index is -0.931. The van der Waals surface area contributed by atoms with Crippen LogP contribution in [0.25, 0.3) is 11.1 Å². The molecule has 0 bridgehead atoms. The molecule has 0 spiro atoms. The van der Waals surface area contributed by atoms with Gasteiger partial charge in [-0.05, 0) is 46.2 Å². The Kier molecular flexibility index (Phi) is 4.80. The highest BCUT2D eigenvalue weighted by atomic mass is 16.5. The van der Waals surface area contributed by atoms with Crippen molar-refractivity contribution in [3.8, 4) is 11.1 Å². The predicted octanol–water partition coefficient (Wildman–Crippen LogP) is 4.45. The van der Waals surface area contributed by atoms with Gasteiger partial charge < -0.3 is 15.2 Å². The first-order chi connectivity index (χ1) is 14.6. The normalized spacial score (nSPS) is 19.5. The molecular weight excluding hydrogens is 374 g/mol. The van der Waals surface area contributed by atoms with E-state index in [1.807, 2.05) is 42.5 Å². The van der Waals surface area contributed by atoms with Gasteiger partial charge in [-0.2, -0.15) is 0 Å². The summed E-state index contributed by atoms with van der Waals surface area (Å²) in [6.45, 7) is 0.471. The Labute approximate surface area is 176 Å². The van der Waals surface area contributed by atoms with Crippen molar-refractivity contribution in [2.75, 3.05) is 13.2 Å². The lowest BCUT2D eigenvalue weighted by Gasteiger charge is -2.33. The van der Waals surface area contributed by atoms with E-state index in [2.05, 4.69) is 35.6 Å². The average Bonchev–Trinajstić information content (AvgIpc) is 3.10. The van der Waals surface area contributed by atoms with Crippen molar-refractivity contribution in [3.05, 3.63) is 95.1 Å². The maximum atomic E-state index is 12.4. The van der Waals surface area contributed by atoms with Gasteiger partial charge in [0.1, 0.15) is 6.61 Å². The Morgan fingerprint density at radius 1 is 0.933 bits per heavy atom. The van der Waals surface area contributed by atoms with E-state index in [4.69, 9.17) is 4.74 Å². The van der Waals surface area contributed by atoms with E-state index in [1.165, 1.54) is 27.8 Å². The van der Waals surface area contributed by atoms with E-state index in [0.29, 0.717) is 12.8 Å². The number of carbonyl (C=O) groups is 1. The maximum Gasteiger partial charge on any atom is 0.407 e. The molecule has 3 aromatic rings. The molecule has 2 aliphatic rings. The van der Waals surface area contributed by atoms with Crippen LogP contribution in [0.5, 0.6) is 0 Å². The summed E-state index contributed by atoms with van der Waals surface area (Å²) in [7, 11) is 0. The van der Waals surface area contributed by atoms with Crippen LogP contribution in [0.1, 0.15) is 34.6 Å². The van der Waals surface area contributed by atoms with Gasteiger partial charge in [0.25, 0.3) is 0 Å². The van der Waals surface area contributed by atoms with Crippen LogP contribution in [-0.4, -0.2) is 30.0 Å². The van der Waals surface area contributed by atoms with Crippen LogP contribution in [0.4, 0.5) is 4.79 Å². The fourth-order valence-electron chi connectivity index (χ4n) is 4.82. The van der Waals surface area contributed by atoms with Crippen LogP contribution in [-0.2, 0) is 17.6 Å². The molecule has 2 aliphatic carbocycles. The van der Waals surface area contributed by atoms with Gasteiger partial charge in [0.15, 0.2) is 0 Å². The van der Waals surface area contributed by atoms with Crippen molar-refractivity contribution in [1.82, 2.24) is 5.32 Å². The molecule has 5 rings (SSSR count). The Morgan fingerprint density at radius 3 is 2.23 bits per heavy atom. The molecule has 4 heteroatoms. The first kappa shape index (κ1) is 18.9. The molecule has 3 aromatic carbocycles. The van der Waals surface area contributed by atoms with Crippen molar-refractivity contribution < 1.29 is 14.6 Å². The minimum Gasteiger partial charge on any atom is -0.449 e. The summed E-state index contributed by atoms with van der Waals surface area (Å²) in [5.41, 5.74) is 6.29. The highest BCUT2D eigenvalue weighted by Gasteiger charge is 2.33. The molecule has 1 unspecified atom stereocenters. The molecule has 1 atom stereocenters. The minimum absolute atomic E-state index is 0.0350.